The molecule has 23 heavy (non-hydrogen) atoms. The second-order valence-corrected chi connectivity index (χ2v) is 5.83. The molecule has 117 valence electrons. The summed E-state index contributed by atoms with van der Waals surface area (Å²) in [6.07, 6.45) is 3.43. The maximum Gasteiger partial charge on any atom is 0.323 e. The number of nitrogens with two attached hydrogens (primary N) is 1. The minimum Gasteiger partial charge on any atom is -0.351 e. The molecule has 3 heterocycles. The highest BCUT2D eigenvalue weighted by Gasteiger charge is 2.30. The fraction of sp³-hybridized carbons (Fsp3) is 0.312. The lowest BCUT2D eigenvalue weighted by Crippen LogP contribution is -2.30. The number of nitrogens with one attached hydrogen (secondary N) is 2. The molecule has 0 atom stereocenters. The average Bonchev–Trinajstić information content (AvgIpc) is 2.80. The van der Waals surface area contributed by atoms with Gasteiger partial charge in [-0.15, -0.1) is 0 Å². The second kappa shape index (κ2) is 5.20. The maximum atomic E-state index is 12.2. The summed E-state index contributed by atoms with van der Waals surface area (Å²) >= 11 is 0. The van der Waals surface area contributed by atoms with Gasteiger partial charge in [0.25, 0.3) is 5.91 Å². The highest BCUT2D eigenvalue weighted by molar-refractivity contribution is 6.16. The molecule has 1 radical (unpaired) electrons. The molecule has 0 spiro atoms. The van der Waals surface area contributed by atoms with Gasteiger partial charge < -0.3 is 11.1 Å². The molecule has 0 saturated carbocycles. The summed E-state index contributed by atoms with van der Waals surface area (Å²) in [5.74, 6) is -0.112. The molecule has 4 rings (SSSR count). The van der Waals surface area contributed by atoms with E-state index in [0.717, 1.165) is 42.6 Å². The number of nitrogens with zero attached hydrogens (tertiary/aromatic N) is 2. The van der Waals surface area contributed by atoms with Crippen molar-refractivity contribution in [3.63, 3.8) is 0 Å². The minimum absolute atomic E-state index is 0.193. The van der Waals surface area contributed by atoms with Crippen molar-refractivity contribution >= 4 is 29.1 Å². The molecule has 1 aromatic heterocycles. The fourth-order valence-electron chi connectivity index (χ4n) is 3.58. The van der Waals surface area contributed by atoms with Crippen molar-refractivity contribution in [2.24, 2.45) is 10.8 Å². The van der Waals surface area contributed by atoms with E-state index in [1.165, 1.54) is 4.57 Å². The fourth-order valence-corrected chi connectivity index (χ4v) is 3.58. The van der Waals surface area contributed by atoms with E-state index in [4.69, 9.17) is 5.73 Å². The van der Waals surface area contributed by atoms with Gasteiger partial charge in [-0.2, -0.15) is 5.10 Å². The normalized spacial score (nSPS) is 18.0. The lowest BCUT2D eigenvalue weighted by atomic mass is 9.91. The number of carbonyl (C=O) groups excluding carboxylic acids is 2. The Kier molecular flexibility index (Phi) is 3.16. The summed E-state index contributed by atoms with van der Waals surface area (Å²) in [6, 6.07) is 5.70. The SMILES string of the molecule is NC(=O)n1c(C2CCNCC2)c2c3c(c[c]cc31)C(=O)NN=C2. The van der Waals surface area contributed by atoms with Crippen LogP contribution in [0, 0.1) is 6.07 Å². The maximum absolute atomic E-state index is 12.2. The zero-order valence-corrected chi connectivity index (χ0v) is 12.4. The quantitative estimate of drug-likeness (QED) is 0.729. The van der Waals surface area contributed by atoms with Crippen molar-refractivity contribution in [2.75, 3.05) is 13.1 Å². The smallest absolute Gasteiger partial charge is 0.323 e. The number of piperidine rings is 1. The monoisotopic (exact) mass is 310 g/mol. The predicted octanol–water partition coefficient (Wildman–Crippen LogP) is 0.913. The second-order valence-electron chi connectivity index (χ2n) is 5.83. The molecule has 2 aliphatic heterocycles. The van der Waals surface area contributed by atoms with Gasteiger partial charge in [0.2, 0.25) is 0 Å². The van der Waals surface area contributed by atoms with Crippen LogP contribution in [0.15, 0.2) is 17.2 Å². The largest absolute Gasteiger partial charge is 0.351 e. The van der Waals surface area contributed by atoms with Crippen molar-refractivity contribution < 1.29 is 9.59 Å². The first kappa shape index (κ1) is 14.0. The first-order valence-electron chi connectivity index (χ1n) is 7.61. The van der Waals surface area contributed by atoms with Crippen molar-refractivity contribution in [1.82, 2.24) is 15.3 Å². The first-order valence-corrected chi connectivity index (χ1v) is 7.61. The van der Waals surface area contributed by atoms with Gasteiger partial charge in [-0.05, 0) is 44.1 Å². The third kappa shape index (κ3) is 2.04. The van der Waals surface area contributed by atoms with Gasteiger partial charge in [0.15, 0.2) is 0 Å². The van der Waals surface area contributed by atoms with E-state index in [2.05, 4.69) is 21.9 Å². The molecule has 2 amide bonds. The summed E-state index contributed by atoms with van der Waals surface area (Å²) in [7, 11) is 0. The van der Waals surface area contributed by atoms with Crippen LogP contribution in [0.3, 0.4) is 0 Å². The Morgan fingerprint density at radius 3 is 2.87 bits per heavy atom. The summed E-state index contributed by atoms with van der Waals surface area (Å²) in [4.78, 5) is 24.3. The van der Waals surface area contributed by atoms with Gasteiger partial charge in [0, 0.05) is 22.6 Å². The third-order valence-electron chi connectivity index (χ3n) is 4.55. The lowest BCUT2D eigenvalue weighted by Gasteiger charge is -2.24. The van der Waals surface area contributed by atoms with Gasteiger partial charge in [0.1, 0.15) is 0 Å². The molecule has 7 heteroatoms. The van der Waals surface area contributed by atoms with Crippen LogP contribution in [0.1, 0.15) is 40.4 Å². The molecule has 4 N–H and O–H groups in total. The van der Waals surface area contributed by atoms with Crippen LogP contribution in [-0.4, -0.2) is 35.8 Å². The predicted molar refractivity (Wildman–Crippen MR) is 85.7 cm³/mol. The number of aromatic nitrogens is 1. The van der Waals surface area contributed by atoms with E-state index < -0.39 is 6.03 Å². The van der Waals surface area contributed by atoms with Gasteiger partial charge in [0.05, 0.1) is 17.3 Å². The zero-order chi connectivity index (χ0) is 16.0. The summed E-state index contributed by atoms with van der Waals surface area (Å²) in [6.45, 7) is 1.77. The highest BCUT2D eigenvalue weighted by Crippen LogP contribution is 2.36. The summed E-state index contributed by atoms with van der Waals surface area (Å²) in [5.41, 5.74) is 10.9. The number of primary amides is 1. The number of carbonyl (C=O) groups is 2. The van der Waals surface area contributed by atoms with E-state index in [9.17, 15) is 9.59 Å². The Morgan fingerprint density at radius 1 is 1.35 bits per heavy atom. The number of amides is 2. The zero-order valence-electron chi connectivity index (χ0n) is 12.4. The Hall–Kier alpha value is -2.67. The Bertz CT molecular complexity index is 846. The van der Waals surface area contributed by atoms with Crippen LogP contribution in [0.2, 0.25) is 0 Å². The van der Waals surface area contributed by atoms with Crippen molar-refractivity contribution in [2.45, 2.75) is 18.8 Å². The van der Waals surface area contributed by atoms with E-state index in [1.807, 2.05) is 0 Å². The van der Waals surface area contributed by atoms with E-state index in [-0.39, 0.29) is 11.8 Å². The molecule has 1 fully saturated rings. The van der Waals surface area contributed by atoms with Crippen LogP contribution >= 0.6 is 0 Å². The number of benzene rings is 1. The van der Waals surface area contributed by atoms with Gasteiger partial charge in [-0.3, -0.25) is 9.36 Å². The molecular formula is C16H16N5O2. The van der Waals surface area contributed by atoms with Gasteiger partial charge in [-0.1, -0.05) is 0 Å². The van der Waals surface area contributed by atoms with E-state index in [0.29, 0.717) is 11.1 Å². The number of hydrazone groups is 1. The summed E-state index contributed by atoms with van der Waals surface area (Å²) < 4.78 is 1.52. The molecular weight excluding hydrogens is 294 g/mol. The van der Waals surface area contributed by atoms with Crippen molar-refractivity contribution in [3.8, 4) is 0 Å². The van der Waals surface area contributed by atoms with Crippen LogP contribution in [0.4, 0.5) is 4.79 Å². The van der Waals surface area contributed by atoms with Crippen LogP contribution < -0.4 is 16.5 Å². The lowest BCUT2D eigenvalue weighted by molar-refractivity contribution is 0.0957. The molecule has 0 aliphatic carbocycles. The van der Waals surface area contributed by atoms with E-state index in [1.54, 1.807) is 18.3 Å². The van der Waals surface area contributed by atoms with Crippen LogP contribution in [0.5, 0.6) is 0 Å². The third-order valence-corrected chi connectivity index (χ3v) is 4.55. The minimum atomic E-state index is -0.547. The standard InChI is InChI=1S/C16H16N5O2/c17-16(23)21-12-3-1-2-10-13(12)11(8-19-20-15(10)22)14(21)9-4-6-18-7-5-9/h2-3,8-9,18H,4-7H2,(H2,17,23)(H,20,22). The average molecular weight is 310 g/mol. The molecule has 7 nitrogen and oxygen atoms in total. The number of hydrogen-bond donors (Lipinski definition) is 3. The molecule has 0 bridgehead atoms. The molecule has 0 unspecified atom stereocenters. The van der Waals surface area contributed by atoms with Crippen LogP contribution in [-0.2, 0) is 0 Å². The molecule has 1 saturated heterocycles. The van der Waals surface area contributed by atoms with Crippen LogP contribution in [0.25, 0.3) is 10.9 Å². The number of hydrogen-bond acceptors (Lipinski definition) is 4. The van der Waals surface area contributed by atoms with Crippen molar-refractivity contribution in [1.29, 1.82) is 0 Å². The molecule has 2 aromatic rings. The van der Waals surface area contributed by atoms with Gasteiger partial charge in [-0.25, -0.2) is 10.2 Å². The number of rotatable bonds is 1. The summed E-state index contributed by atoms with van der Waals surface area (Å²) in [5, 5.41) is 8.04. The Labute approximate surface area is 132 Å². The highest BCUT2D eigenvalue weighted by atomic mass is 16.2. The molecule has 2 aliphatic rings. The Morgan fingerprint density at radius 2 is 2.13 bits per heavy atom. The van der Waals surface area contributed by atoms with E-state index >= 15 is 0 Å². The van der Waals surface area contributed by atoms with Gasteiger partial charge >= 0.3 is 6.03 Å². The topological polar surface area (TPSA) is 102 Å². The Balaban J connectivity index is 2.08. The van der Waals surface area contributed by atoms with Crippen molar-refractivity contribution in [3.05, 3.63) is 35.0 Å². The first-order chi connectivity index (χ1) is 11.2. The molecule has 1 aromatic carbocycles.